The van der Waals surface area contributed by atoms with E-state index in [1.807, 2.05) is 24.3 Å². The number of nitrogens with two attached hydrogens (primary N) is 1. The molecule has 0 aliphatic carbocycles. The lowest BCUT2D eigenvalue weighted by atomic mass is 9.90. The van der Waals surface area contributed by atoms with Crippen LogP contribution in [-0.4, -0.2) is 34.2 Å². The van der Waals surface area contributed by atoms with Gasteiger partial charge in [-0.05, 0) is 57.0 Å². The number of rotatable bonds is 2. The summed E-state index contributed by atoms with van der Waals surface area (Å²) in [5.74, 6) is 1.90. The Morgan fingerprint density at radius 3 is 2.48 bits per heavy atom. The number of piperidine rings is 1. The summed E-state index contributed by atoms with van der Waals surface area (Å²) in [6.07, 6.45) is 4.90. The summed E-state index contributed by atoms with van der Waals surface area (Å²) in [5.41, 5.74) is 7.38. The molecule has 0 spiro atoms. The van der Waals surface area contributed by atoms with Crippen LogP contribution in [0, 0.1) is 0 Å². The molecule has 5 heteroatoms. The molecule has 2 aromatic rings. The van der Waals surface area contributed by atoms with Gasteiger partial charge in [-0.2, -0.15) is 4.98 Å². The highest BCUT2D eigenvalue weighted by Crippen LogP contribution is 2.41. The molecule has 0 amide bonds. The van der Waals surface area contributed by atoms with Crippen LogP contribution in [0.1, 0.15) is 37.4 Å². The molecule has 2 saturated heterocycles. The molecule has 21 heavy (non-hydrogen) atoms. The Kier molecular flexibility index (Phi) is 2.96. The molecule has 2 atom stereocenters. The number of nitrogen functional groups attached to an aromatic ring is 1. The highest BCUT2D eigenvalue weighted by molar-refractivity contribution is 5.56. The molecule has 2 aliphatic heterocycles. The third-order valence-electron chi connectivity index (χ3n) is 5.06. The first kappa shape index (κ1) is 12.8. The summed E-state index contributed by atoms with van der Waals surface area (Å²) in [7, 11) is 2.24. The van der Waals surface area contributed by atoms with E-state index in [0.29, 0.717) is 23.9 Å². The molecule has 4 rings (SSSR count). The number of hydrogen-bond donors (Lipinski definition) is 1. The number of hydrogen-bond acceptors (Lipinski definition) is 5. The van der Waals surface area contributed by atoms with Crippen LogP contribution >= 0.6 is 0 Å². The van der Waals surface area contributed by atoms with Crippen LogP contribution in [0.2, 0.25) is 0 Å². The topological polar surface area (TPSA) is 68.2 Å². The maximum absolute atomic E-state index is 5.71. The first-order chi connectivity index (χ1) is 10.2. The molecule has 110 valence electrons. The number of benzene rings is 1. The zero-order chi connectivity index (χ0) is 14.4. The van der Waals surface area contributed by atoms with Crippen molar-refractivity contribution in [2.24, 2.45) is 0 Å². The summed E-state index contributed by atoms with van der Waals surface area (Å²) in [4.78, 5) is 7.14. The Morgan fingerprint density at radius 2 is 1.81 bits per heavy atom. The quantitative estimate of drug-likeness (QED) is 0.859. The summed E-state index contributed by atoms with van der Waals surface area (Å²) in [6.45, 7) is 0. The number of anilines is 1. The Balaban J connectivity index is 1.56. The van der Waals surface area contributed by atoms with E-state index < -0.39 is 0 Å². The minimum Gasteiger partial charge on any atom is -0.399 e. The van der Waals surface area contributed by atoms with Gasteiger partial charge in [0.2, 0.25) is 0 Å². The van der Waals surface area contributed by atoms with Crippen molar-refractivity contribution >= 4 is 5.69 Å². The predicted molar refractivity (Wildman–Crippen MR) is 80.7 cm³/mol. The van der Waals surface area contributed by atoms with Gasteiger partial charge in [0.25, 0.3) is 5.89 Å². The summed E-state index contributed by atoms with van der Waals surface area (Å²) in [5, 5.41) is 4.22. The van der Waals surface area contributed by atoms with Crippen molar-refractivity contribution in [1.29, 1.82) is 0 Å². The van der Waals surface area contributed by atoms with Crippen molar-refractivity contribution in [2.75, 3.05) is 12.8 Å². The van der Waals surface area contributed by atoms with Gasteiger partial charge in [0.1, 0.15) is 0 Å². The van der Waals surface area contributed by atoms with Crippen LogP contribution in [0.25, 0.3) is 11.5 Å². The zero-order valence-electron chi connectivity index (χ0n) is 12.2. The van der Waals surface area contributed by atoms with Gasteiger partial charge >= 0.3 is 0 Å². The maximum atomic E-state index is 5.71. The largest absolute Gasteiger partial charge is 0.399 e. The lowest BCUT2D eigenvalue weighted by molar-refractivity contribution is 0.157. The molecule has 1 aromatic carbocycles. The first-order valence-corrected chi connectivity index (χ1v) is 7.62. The lowest BCUT2D eigenvalue weighted by Crippen LogP contribution is -2.39. The lowest BCUT2D eigenvalue weighted by Gasteiger charge is -2.34. The summed E-state index contributed by atoms with van der Waals surface area (Å²) < 4.78 is 5.45. The van der Waals surface area contributed by atoms with Gasteiger partial charge in [0.15, 0.2) is 5.82 Å². The second-order valence-corrected chi connectivity index (χ2v) is 6.30. The second-order valence-electron chi connectivity index (χ2n) is 6.30. The SMILES string of the molecule is CN1C2CCC1CC(c1noc(-c3ccc(N)cc3)n1)C2. The fourth-order valence-electron chi connectivity index (χ4n) is 3.77. The summed E-state index contributed by atoms with van der Waals surface area (Å²) >= 11 is 0. The van der Waals surface area contributed by atoms with Gasteiger partial charge in [-0.25, -0.2) is 0 Å². The van der Waals surface area contributed by atoms with Crippen molar-refractivity contribution in [3.05, 3.63) is 30.1 Å². The predicted octanol–water partition coefficient (Wildman–Crippen LogP) is 2.66. The average Bonchev–Trinajstić information content (AvgIpc) is 3.03. The van der Waals surface area contributed by atoms with Crippen LogP contribution in [0.4, 0.5) is 5.69 Å². The monoisotopic (exact) mass is 284 g/mol. The first-order valence-electron chi connectivity index (χ1n) is 7.62. The zero-order valence-corrected chi connectivity index (χ0v) is 12.2. The third-order valence-corrected chi connectivity index (χ3v) is 5.06. The van der Waals surface area contributed by atoms with Gasteiger partial charge in [-0.15, -0.1) is 0 Å². The molecule has 2 bridgehead atoms. The van der Waals surface area contributed by atoms with E-state index in [4.69, 9.17) is 10.3 Å². The van der Waals surface area contributed by atoms with E-state index in [0.717, 1.165) is 29.9 Å². The molecule has 2 fully saturated rings. The van der Waals surface area contributed by atoms with Crippen LogP contribution < -0.4 is 5.73 Å². The molecule has 2 aliphatic rings. The van der Waals surface area contributed by atoms with Gasteiger partial charge in [-0.1, -0.05) is 5.16 Å². The maximum Gasteiger partial charge on any atom is 0.257 e. The molecule has 3 heterocycles. The number of fused-ring (bicyclic) bond motifs is 2. The van der Waals surface area contributed by atoms with E-state index in [-0.39, 0.29) is 0 Å². The fraction of sp³-hybridized carbons (Fsp3) is 0.500. The van der Waals surface area contributed by atoms with Crippen molar-refractivity contribution in [3.8, 4) is 11.5 Å². The molecule has 0 saturated carbocycles. The van der Waals surface area contributed by atoms with Crippen LogP contribution in [0.5, 0.6) is 0 Å². The molecule has 2 N–H and O–H groups in total. The fourth-order valence-corrected chi connectivity index (χ4v) is 3.77. The van der Waals surface area contributed by atoms with E-state index in [1.165, 1.54) is 12.8 Å². The van der Waals surface area contributed by atoms with Crippen LogP contribution in [-0.2, 0) is 0 Å². The van der Waals surface area contributed by atoms with Crippen molar-refractivity contribution in [2.45, 2.75) is 43.7 Å². The van der Waals surface area contributed by atoms with Crippen molar-refractivity contribution in [1.82, 2.24) is 15.0 Å². The van der Waals surface area contributed by atoms with E-state index in [2.05, 4.69) is 22.1 Å². The Hall–Kier alpha value is -1.88. The van der Waals surface area contributed by atoms with Crippen LogP contribution in [0.15, 0.2) is 28.8 Å². The normalized spacial score (nSPS) is 28.9. The van der Waals surface area contributed by atoms with Crippen molar-refractivity contribution < 1.29 is 4.52 Å². The van der Waals surface area contributed by atoms with E-state index in [9.17, 15) is 0 Å². The Morgan fingerprint density at radius 1 is 1.14 bits per heavy atom. The van der Waals surface area contributed by atoms with Crippen molar-refractivity contribution in [3.63, 3.8) is 0 Å². The van der Waals surface area contributed by atoms with E-state index in [1.54, 1.807) is 0 Å². The molecule has 5 nitrogen and oxygen atoms in total. The van der Waals surface area contributed by atoms with Gasteiger partial charge < -0.3 is 15.2 Å². The number of nitrogens with zero attached hydrogens (tertiary/aromatic N) is 3. The Labute approximate surface area is 124 Å². The average molecular weight is 284 g/mol. The second kappa shape index (κ2) is 4.84. The molecular formula is C16H20N4O. The highest BCUT2D eigenvalue weighted by Gasteiger charge is 2.40. The van der Waals surface area contributed by atoms with E-state index >= 15 is 0 Å². The minimum atomic E-state index is 0.435. The standard InChI is InChI=1S/C16H20N4O/c1-20-13-6-7-14(20)9-11(8-13)15-18-16(21-19-15)10-2-4-12(17)5-3-10/h2-5,11,13-14H,6-9,17H2,1H3. The summed E-state index contributed by atoms with van der Waals surface area (Å²) in [6, 6.07) is 8.93. The number of aromatic nitrogens is 2. The highest BCUT2D eigenvalue weighted by atomic mass is 16.5. The van der Waals surface area contributed by atoms with Gasteiger partial charge in [0, 0.05) is 29.3 Å². The third kappa shape index (κ3) is 2.21. The molecule has 2 unspecified atom stereocenters. The molecule has 1 aromatic heterocycles. The minimum absolute atomic E-state index is 0.435. The Bertz CT molecular complexity index is 622. The van der Waals surface area contributed by atoms with Gasteiger partial charge in [0.05, 0.1) is 0 Å². The van der Waals surface area contributed by atoms with Gasteiger partial charge in [-0.3, -0.25) is 0 Å². The molecular weight excluding hydrogens is 264 g/mol. The smallest absolute Gasteiger partial charge is 0.257 e. The molecule has 0 radical (unpaired) electrons. The van der Waals surface area contributed by atoms with Crippen LogP contribution in [0.3, 0.4) is 0 Å².